The summed E-state index contributed by atoms with van der Waals surface area (Å²) in [7, 11) is 0. The van der Waals surface area contributed by atoms with E-state index in [1.54, 1.807) is 0 Å². The van der Waals surface area contributed by atoms with Crippen molar-refractivity contribution >= 4 is 64.4 Å². The van der Waals surface area contributed by atoms with Gasteiger partial charge in [-0.1, -0.05) is 53.9 Å². The van der Waals surface area contributed by atoms with Gasteiger partial charge < -0.3 is 37.0 Å². The molecular weight excluding hydrogens is 872 g/mol. The predicted molar refractivity (Wildman–Crippen MR) is 246 cm³/mol. The van der Waals surface area contributed by atoms with Crippen LogP contribution in [0, 0.1) is 29.6 Å². The van der Waals surface area contributed by atoms with E-state index in [0.717, 1.165) is 12.8 Å². The van der Waals surface area contributed by atoms with Crippen molar-refractivity contribution in [2.45, 2.75) is 187 Å². The van der Waals surface area contributed by atoms with E-state index in [2.05, 4.69) is 21.3 Å². The van der Waals surface area contributed by atoms with E-state index in [9.17, 15) is 62.2 Å². The summed E-state index contributed by atoms with van der Waals surface area (Å²) in [6.45, 7) is 10.8. The molecular formula is C48H77FN6O12. The molecule has 2 aliphatic rings. The fraction of sp³-hybridized carbons (Fsp3) is 0.771. The van der Waals surface area contributed by atoms with E-state index >= 15 is 0 Å². The van der Waals surface area contributed by atoms with E-state index < -0.39 is 107 Å². The van der Waals surface area contributed by atoms with E-state index in [0.29, 0.717) is 32.2 Å². The average molecular weight is 949 g/mol. The summed E-state index contributed by atoms with van der Waals surface area (Å²) in [4.78, 5) is 144. The fourth-order valence-electron chi connectivity index (χ4n) is 8.72. The SMILES string of the molecule is CCCCC[C@H](CC(=O)[C@@H]1CCCN1C(=O)CCC(=O)[C@H](C)NC(=O)[C@@H](CC(=O)CNC(=O)[C@@H](CC(=O)[C@H](CCC(N)=O)NC(=O)CCC(=O)[C@@H]1C[C@@H](F)CN1)CC(C)C)CC(C)C)C(=O)O. The second-order valence-electron chi connectivity index (χ2n) is 19.3. The van der Waals surface area contributed by atoms with Crippen LogP contribution in [0.2, 0.25) is 0 Å². The average Bonchev–Trinajstić information content (AvgIpc) is 3.93. The summed E-state index contributed by atoms with van der Waals surface area (Å²) < 4.78 is 13.5. The molecule has 2 aliphatic heterocycles. The summed E-state index contributed by atoms with van der Waals surface area (Å²) >= 11 is 0. The topological polar surface area (TPSA) is 285 Å². The van der Waals surface area contributed by atoms with Crippen molar-refractivity contribution < 1.29 is 62.2 Å². The molecule has 0 unspecified atom stereocenters. The van der Waals surface area contributed by atoms with Gasteiger partial charge in [0.05, 0.1) is 36.6 Å². The van der Waals surface area contributed by atoms with Crippen LogP contribution in [-0.4, -0.2) is 124 Å². The monoisotopic (exact) mass is 949 g/mol. The molecule has 2 heterocycles. The Kier molecular flexibility index (Phi) is 25.8. The standard InChI is InChI=1S/C48H77FN6O12/c1-7-8-9-11-31(48(66)67)23-42(60)38-12-10-19-55(38)45(63)18-15-39(57)30(6)53-47(65)32(20-28(2)3)22-35(56)27-52-46(64)33(21-29(4)5)24-41(59)36(13-16-43(50)61)54-44(62)17-14-40(58)37-25-34(49)26-51-37/h28-34,36-38,51H,7-27H2,1-6H3,(H2,50,61)(H,52,64)(H,53,65)(H,54,62)(H,66,67)/t30-,31+,32+,33+,34+,36-,37-,38-/m0/s1. The molecule has 0 radical (unpaired) electrons. The van der Waals surface area contributed by atoms with Crippen molar-refractivity contribution in [2.75, 3.05) is 19.6 Å². The minimum absolute atomic E-state index is 0.0143. The molecule has 2 saturated heterocycles. The van der Waals surface area contributed by atoms with E-state index in [4.69, 9.17) is 5.73 Å². The number of nitrogens with one attached hydrogen (secondary N) is 4. The van der Waals surface area contributed by atoms with Crippen LogP contribution in [0.3, 0.4) is 0 Å². The Bertz CT molecular complexity index is 1760. The second-order valence-corrected chi connectivity index (χ2v) is 19.3. The number of hydrogen-bond acceptors (Lipinski definition) is 12. The number of aliphatic carboxylic acids is 1. The number of carbonyl (C=O) groups is 11. The summed E-state index contributed by atoms with van der Waals surface area (Å²) in [6, 6.07) is -3.64. The zero-order valence-electron chi connectivity index (χ0n) is 40.5. The number of primary amides is 1. The number of amides is 5. The minimum atomic E-state index is -1.19. The van der Waals surface area contributed by atoms with Crippen molar-refractivity contribution in [3.05, 3.63) is 0 Å². The fourth-order valence-corrected chi connectivity index (χ4v) is 8.72. The number of rotatable bonds is 34. The maximum Gasteiger partial charge on any atom is 0.306 e. The lowest BCUT2D eigenvalue weighted by Crippen LogP contribution is -2.45. The molecule has 67 heavy (non-hydrogen) atoms. The molecule has 7 N–H and O–H groups in total. The number of nitrogens with two attached hydrogens (primary N) is 1. The number of carboxylic acids is 1. The number of carbonyl (C=O) groups excluding carboxylic acids is 10. The molecule has 0 saturated carbocycles. The lowest BCUT2D eigenvalue weighted by Gasteiger charge is -2.25. The molecule has 378 valence electrons. The lowest BCUT2D eigenvalue weighted by molar-refractivity contribution is -0.145. The largest absolute Gasteiger partial charge is 0.481 e. The summed E-state index contributed by atoms with van der Waals surface area (Å²) in [6.07, 6.45) is 1.17. The Morgan fingerprint density at radius 1 is 0.746 bits per heavy atom. The molecule has 0 aromatic carbocycles. The molecule has 0 spiro atoms. The number of Topliss-reactive ketones (excluding diaryl/α,β-unsaturated/α-hetero) is 5. The quantitative estimate of drug-likeness (QED) is 0.0506. The van der Waals surface area contributed by atoms with Gasteiger partial charge in [-0.3, -0.25) is 52.7 Å². The molecule has 2 rings (SSSR count). The van der Waals surface area contributed by atoms with Crippen molar-refractivity contribution in [2.24, 2.45) is 35.3 Å². The van der Waals surface area contributed by atoms with Crippen LogP contribution in [0.5, 0.6) is 0 Å². The highest BCUT2D eigenvalue weighted by molar-refractivity contribution is 5.97. The third-order valence-corrected chi connectivity index (χ3v) is 12.4. The van der Waals surface area contributed by atoms with Gasteiger partial charge >= 0.3 is 5.97 Å². The van der Waals surface area contributed by atoms with Crippen LogP contribution in [0.1, 0.15) is 157 Å². The highest BCUT2D eigenvalue weighted by Crippen LogP contribution is 2.25. The van der Waals surface area contributed by atoms with Gasteiger partial charge in [-0.2, -0.15) is 0 Å². The van der Waals surface area contributed by atoms with Gasteiger partial charge in [-0.15, -0.1) is 0 Å². The first kappa shape index (κ1) is 58.2. The molecule has 2 fully saturated rings. The molecule has 18 nitrogen and oxygen atoms in total. The Hall–Kier alpha value is -4.94. The molecule has 8 atom stereocenters. The van der Waals surface area contributed by atoms with Crippen molar-refractivity contribution in [3.8, 4) is 0 Å². The maximum absolute atomic E-state index is 13.6. The highest BCUT2D eigenvalue weighted by Gasteiger charge is 2.37. The number of likely N-dealkylation sites (tertiary alicyclic amines) is 1. The second kappa shape index (κ2) is 29.7. The first-order valence-electron chi connectivity index (χ1n) is 24.2. The zero-order chi connectivity index (χ0) is 50.4. The van der Waals surface area contributed by atoms with Crippen LogP contribution >= 0.6 is 0 Å². The third kappa shape index (κ3) is 21.7. The summed E-state index contributed by atoms with van der Waals surface area (Å²) in [5.74, 6) is -8.77. The third-order valence-electron chi connectivity index (χ3n) is 12.4. The van der Waals surface area contributed by atoms with Crippen LogP contribution in [0.25, 0.3) is 0 Å². The molecule has 5 amide bonds. The Labute approximate surface area is 394 Å². The van der Waals surface area contributed by atoms with Crippen molar-refractivity contribution in [1.29, 1.82) is 0 Å². The number of hydrogen-bond donors (Lipinski definition) is 6. The van der Waals surface area contributed by atoms with Gasteiger partial charge in [0, 0.05) is 82.7 Å². The van der Waals surface area contributed by atoms with Crippen molar-refractivity contribution in [3.63, 3.8) is 0 Å². The van der Waals surface area contributed by atoms with E-state index in [1.165, 1.54) is 11.8 Å². The maximum atomic E-state index is 13.6. The van der Waals surface area contributed by atoms with Crippen LogP contribution in [0.15, 0.2) is 0 Å². The van der Waals surface area contributed by atoms with Gasteiger partial charge in [-0.25, -0.2) is 4.39 Å². The minimum Gasteiger partial charge on any atom is -0.481 e. The predicted octanol–water partition coefficient (Wildman–Crippen LogP) is 3.23. The normalized spacial score (nSPS) is 19.2. The summed E-state index contributed by atoms with van der Waals surface area (Å²) in [5.41, 5.74) is 5.32. The van der Waals surface area contributed by atoms with E-state index in [1.807, 2.05) is 34.6 Å². The number of carboxylic acid groups (broad SMARTS) is 1. The first-order chi connectivity index (χ1) is 31.5. The molecule has 19 heteroatoms. The van der Waals surface area contributed by atoms with Crippen molar-refractivity contribution in [1.82, 2.24) is 26.2 Å². The first-order valence-corrected chi connectivity index (χ1v) is 24.2. The molecule has 0 aliphatic carbocycles. The summed E-state index contributed by atoms with van der Waals surface area (Å²) in [5, 5.41) is 20.2. The van der Waals surface area contributed by atoms with Gasteiger partial charge in [0.1, 0.15) is 12.0 Å². The zero-order valence-corrected chi connectivity index (χ0v) is 40.5. The highest BCUT2D eigenvalue weighted by atomic mass is 19.1. The Balaban J connectivity index is 1.98. The number of halogens is 1. The number of alkyl halides is 1. The number of unbranched alkanes of at least 4 members (excludes halogenated alkanes) is 2. The Morgan fingerprint density at radius 3 is 1.99 bits per heavy atom. The molecule has 0 bridgehead atoms. The van der Waals surface area contributed by atoms with Crippen LogP contribution < -0.4 is 27.0 Å². The van der Waals surface area contributed by atoms with Gasteiger partial charge in [0.15, 0.2) is 23.1 Å². The van der Waals surface area contributed by atoms with Crippen LogP contribution in [0.4, 0.5) is 4.39 Å². The van der Waals surface area contributed by atoms with Crippen LogP contribution in [-0.2, 0) is 52.7 Å². The van der Waals surface area contributed by atoms with E-state index in [-0.39, 0.29) is 107 Å². The molecule has 0 aromatic rings. The lowest BCUT2D eigenvalue weighted by atomic mass is 9.88. The van der Waals surface area contributed by atoms with Gasteiger partial charge in [-0.05, 0) is 57.3 Å². The number of nitrogens with zero attached hydrogens (tertiary/aromatic N) is 1. The number of ketones is 5. The smallest absolute Gasteiger partial charge is 0.306 e. The molecule has 0 aromatic heterocycles. The Morgan fingerprint density at radius 2 is 1.40 bits per heavy atom. The van der Waals surface area contributed by atoms with Gasteiger partial charge in [0.25, 0.3) is 0 Å². The van der Waals surface area contributed by atoms with Gasteiger partial charge in [0.2, 0.25) is 29.5 Å².